The molecule has 0 bridgehead atoms. The van der Waals surface area contributed by atoms with Crippen LogP contribution in [0.2, 0.25) is 0 Å². The molecule has 1 atom stereocenters. The Morgan fingerprint density at radius 1 is 0.973 bits per heavy atom. The maximum Gasteiger partial charge on any atom is 0.264 e. The summed E-state index contributed by atoms with van der Waals surface area (Å²) < 4.78 is 29.5. The van der Waals surface area contributed by atoms with Crippen LogP contribution in [-0.2, 0) is 26.2 Å². The number of rotatable bonds is 11. The third kappa shape index (κ3) is 7.20. The van der Waals surface area contributed by atoms with Crippen molar-refractivity contribution in [3.63, 3.8) is 0 Å². The molecule has 0 spiro atoms. The molecule has 3 rings (SSSR count). The van der Waals surface area contributed by atoms with Gasteiger partial charge in [-0.1, -0.05) is 71.4 Å². The number of halogens is 1. The molecule has 3 aromatic rings. The molecule has 0 heterocycles. The zero-order valence-electron chi connectivity index (χ0n) is 21.2. The number of amides is 2. The van der Waals surface area contributed by atoms with Crippen molar-refractivity contribution in [3.05, 3.63) is 94.5 Å². The van der Waals surface area contributed by atoms with Crippen LogP contribution in [-0.4, -0.2) is 44.3 Å². The van der Waals surface area contributed by atoms with Crippen molar-refractivity contribution >= 4 is 43.5 Å². The van der Waals surface area contributed by atoms with E-state index in [9.17, 15) is 18.0 Å². The number of aryl methyl sites for hydroxylation is 1. The number of nitrogens with zero attached hydrogens (tertiary/aromatic N) is 2. The van der Waals surface area contributed by atoms with Gasteiger partial charge in [-0.05, 0) is 61.7 Å². The van der Waals surface area contributed by atoms with E-state index >= 15 is 0 Å². The molecule has 0 saturated heterocycles. The molecule has 3 aromatic carbocycles. The maximum atomic E-state index is 13.9. The van der Waals surface area contributed by atoms with E-state index in [1.807, 2.05) is 37.3 Å². The highest BCUT2D eigenvalue weighted by Crippen LogP contribution is 2.27. The first kappa shape index (κ1) is 28.4. The Morgan fingerprint density at radius 3 is 2.30 bits per heavy atom. The normalized spacial score (nSPS) is 12.0. The number of hydrogen-bond acceptors (Lipinski definition) is 4. The molecule has 196 valence electrons. The monoisotopic (exact) mass is 585 g/mol. The fraction of sp³-hybridized carbons (Fsp3) is 0.286. The van der Waals surface area contributed by atoms with E-state index in [0.29, 0.717) is 17.8 Å². The lowest BCUT2D eigenvalue weighted by Crippen LogP contribution is -2.51. The Morgan fingerprint density at radius 2 is 1.65 bits per heavy atom. The van der Waals surface area contributed by atoms with Crippen LogP contribution in [0.15, 0.2) is 88.2 Å². The summed E-state index contributed by atoms with van der Waals surface area (Å²) in [7, 11) is -4.07. The molecule has 7 nitrogen and oxygen atoms in total. The Labute approximate surface area is 227 Å². The van der Waals surface area contributed by atoms with Crippen molar-refractivity contribution in [1.29, 1.82) is 0 Å². The molecule has 0 aromatic heterocycles. The Bertz CT molecular complexity index is 1330. The van der Waals surface area contributed by atoms with Crippen LogP contribution >= 0.6 is 15.9 Å². The second kappa shape index (κ2) is 12.9. The van der Waals surface area contributed by atoms with Gasteiger partial charge in [-0.3, -0.25) is 13.9 Å². The number of sulfonamides is 1. The molecule has 9 heteroatoms. The van der Waals surface area contributed by atoms with Gasteiger partial charge in [-0.2, -0.15) is 0 Å². The molecule has 0 saturated carbocycles. The van der Waals surface area contributed by atoms with Gasteiger partial charge in [0.05, 0.1) is 10.6 Å². The van der Waals surface area contributed by atoms with Gasteiger partial charge < -0.3 is 10.2 Å². The topological polar surface area (TPSA) is 86.8 Å². The van der Waals surface area contributed by atoms with Crippen molar-refractivity contribution in [3.8, 4) is 0 Å². The van der Waals surface area contributed by atoms with Crippen LogP contribution < -0.4 is 9.62 Å². The molecule has 2 amide bonds. The predicted octanol–water partition coefficient (Wildman–Crippen LogP) is 4.90. The Hall–Kier alpha value is -3.17. The fourth-order valence-corrected chi connectivity index (χ4v) is 5.83. The van der Waals surface area contributed by atoms with Crippen LogP contribution in [0.1, 0.15) is 31.4 Å². The SMILES string of the molecule is CCCNC(=O)[C@@H](C)N(Cc1cccc(Br)c1)C(=O)CN(c1ccccc1C)S(=O)(=O)c1ccccc1. The molecule has 0 aliphatic carbocycles. The molecule has 0 unspecified atom stereocenters. The van der Waals surface area contributed by atoms with Crippen LogP contribution in [0.4, 0.5) is 5.69 Å². The minimum atomic E-state index is -4.07. The average molecular weight is 587 g/mol. The molecule has 0 aliphatic rings. The molecule has 0 fully saturated rings. The molecular formula is C28H32BrN3O4S. The highest BCUT2D eigenvalue weighted by atomic mass is 79.9. The number of hydrogen-bond donors (Lipinski definition) is 1. The fourth-order valence-electron chi connectivity index (χ4n) is 3.89. The van der Waals surface area contributed by atoms with Crippen molar-refractivity contribution in [1.82, 2.24) is 10.2 Å². The van der Waals surface area contributed by atoms with Gasteiger partial charge >= 0.3 is 0 Å². The zero-order valence-corrected chi connectivity index (χ0v) is 23.6. The molecule has 0 aliphatic heterocycles. The number of nitrogens with one attached hydrogen (secondary N) is 1. The van der Waals surface area contributed by atoms with Gasteiger partial charge in [0, 0.05) is 17.6 Å². The van der Waals surface area contributed by atoms with Crippen molar-refractivity contribution in [2.45, 2.75) is 44.7 Å². The van der Waals surface area contributed by atoms with Gasteiger partial charge in [-0.15, -0.1) is 0 Å². The largest absolute Gasteiger partial charge is 0.354 e. The summed E-state index contributed by atoms with van der Waals surface area (Å²) in [4.78, 5) is 28.3. The smallest absolute Gasteiger partial charge is 0.264 e. The van der Waals surface area contributed by atoms with E-state index in [1.54, 1.807) is 50.2 Å². The van der Waals surface area contributed by atoms with Gasteiger partial charge in [-0.25, -0.2) is 8.42 Å². The first-order valence-corrected chi connectivity index (χ1v) is 14.3. The van der Waals surface area contributed by atoms with Gasteiger partial charge in [0.15, 0.2) is 0 Å². The van der Waals surface area contributed by atoms with Crippen LogP contribution in [0.5, 0.6) is 0 Å². The van der Waals surface area contributed by atoms with Gasteiger partial charge in [0.1, 0.15) is 12.6 Å². The standard InChI is InChI=1S/C28H32BrN3O4S/c1-4-17-30-28(34)22(3)31(19-23-12-10-13-24(29)18-23)27(33)20-32(26-16-9-8-11-21(26)2)37(35,36)25-14-6-5-7-15-25/h5-16,18,22H,4,17,19-20H2,1-3H3,(H,30,34)/t22-/m1/s1. The third-order valence-corrected chi connectivity index (χ3v) is 8.22. The maximum absolute atomic E-state index is 13.9. The minimum absolute atomic E-state index is 0.0818. The second-order valence-corrected chi connectivity index (χ2v) is 11.5. The summed E-state index contributed by atoms with van der Waals surface area (Å²) in [5.41, 5.74) is 1.93. The highest BCUT2D eigenvalue weighted by molar-refractivity contribution is 9.10. The van der Waals surface area contributed by atoms with E-state index < -0.39 is 28.5 Å². The van der Waals surface area contributed by atoms with E-state index in [0.717, 1.165) is 20.8 Å². The number of para-hydroxylation sites is 1. The average Bonchev–Trinajstić information content (AvgIpc) is 2.89. The lowest BCUT2D eigenvalue weighted by molar-refractivity contribution is -0.139. The first-order valence-electron chi connectivity index (χ1n) is 12.1. The number of benzene rings is 3. The van der Waals surface area contributed by atoms with Gasteiger partial charge in [0.2, 0.25) is 11.8 Å². The summed E-state index contributed by atoms with van der Waals surface area (Å²) in [5, 5.41) is 2.84. The van der Waals surface area contributed by atoms with Crippen molar-refractivity contribution < 1.29 is 18.0 Å². The lowest BCUT2D eigenvalue weighted by atomic mass is 10.1. The quantitative estimate of drug-likeness (QED) is 0.347. The Kier molecular flexibility index (Phi) is 9.88. The van der Waals surface area contributed by atoms with E-state index in [1.165, 1.54) is 17.0 Å². The Balaban J connectivity index is 2.02. The van der Waals surface area contributed by atoms with Crippen molar-refractivity contribution in [2.24, 2.45) is 0 Å². The van der Waals surface area contributed by atoms with Crippen LogP contribution in [0, 0.1) is 6.92 Å². The zero-order chi connectivity index (χ0) is 27.0. The predicted molar refractivity (Wildman–Crippen MR) is 150 cm³/mol. The van der Waals surface area contributed by atoms with E-state index in [2.05, 4.69) is 21.2 Å². The van der Waals surface area contributed by atoms with Crippen LogP contribution in [0.3, 0.4) is 0 Å². The summed E-state index contributed by atoms with van der Waals surface area (Å²) in [6.45, 7) is 5.58. The van der Waals surface area contributed by atoms with Gasteiger partial charge in [0.25, 0.3) is 10.0 Å². The van der Waals surface area contributed by atoms with E-state index in [-0.39, 0.29) is 17.3 Å². The minimum Gasteiger partial charge on any atom is -0.354 e. The third-order valence-electron chi connectivity index (χ3n) is 5.95. The number of carbonyl (C=O) groups is 2. The second-order valence-electron chi connectivity index (χ2n) is 8.73. The molecule has 0 radical (unpaired) electrons. The highest BCUT2D eigenvalue weighted by Gasteiger charge is 2.32. The summed E-state index contributed by atoms with van der Waals surface area (Å²) >= 11 is 3.45. The number of anilines is 1. The number of carbonyl (C=O) groups excluding carboxylic acids is 2. The molecule has 1 N–H and O–H groups in total. The van der Waals surface area contributed by atoms with E-state index in [4.69, 9.17) is 0 Å². The first-order chi connectivity index (χ1) is 17.6. The summed E-state index contributed by atoms with van der Waals surface area (Å²) in [6, 6.07) is 21.7. The lowest BCUT2D eigenvalue weighted by Gasteiger charge is -2.32. The molecular weight excluding hydrogens is 554 g/mol. The van der Waals surface area contributed by atoms with Crippen molar-refractivity contribution in [2.75, 3.05) is 17.4 Å². The summed E-state index contributed by atoms with van der Waals surface area (Å²) in [5.74, 6) is -0.777. The summed E-state index contributed by atoms with van der Waals surface area (Å²) in [6.07, 6.45) is 0.758. The van der Waals surface area contributed by atoms with Crippen LogP contribution in [0.25, 0.3) is 0 Å². The molecule has 37 heavy (non-hydrogen) atoms.